The fourth-order valence-corrected chi connectivity index (χ4v) is 3.23. The van der Waals surface area contributed by atoms with Crippen LogP contribution in [0, 0.1) is 10.5 Å². The minimum absolute atomic E-state index is 0.196. The van der Waals surface area contributed by atoms with Crippen LogP contribution in [0.15, 0.2) is 42.1 Å². The van der Waals surface area contributed by atoms with Crippen LogP contribution in [0.4, 0.5) is 4.79 Å². The molecule has 1 aliphatic heterocycles. The maximum absolute atomic E-state index is 11.7. The highest BCUT2D eigenvalue weighted by Crippen LogP contribution is 2.35. The van der Waals surface area contributed by atoms with Crippen LogP contribution in [0.3, 0.4) is 0 Å². The summed E-state index contributed by atoms with van der Waals surface area (Å²) in [4.78, 5) is 22.9. The number of nitrogens with one attached hydrogen (secondary N) is 2. The summed E-state index contributed by atoms with van der Waals surface area (Å²) in [5, 5.41) is 4.63. The van der Waals surface area contributed by atoms with Crippen molar-refractivity contribution >= 4 is 40.6 Å². The van der Waals surface area contributed by atoms with Crippen molar-refractivity contribution in [2.75, 3.05) is 7.11 Å². The third-order valence-electron chi connectivity index (χ3n) is 3.79. The molecule has 0 bridgehead atoms. The van der Waals surface area contributed by atoms with Gasteiger partial charge in [0.25, 0.3) is 5.91 Å². The molecule has 0 spiro atoms. The Labute approximate surface area is 164 Å². The van der Waals surface area contributed by atoms with Crippen LogP contribution in [-0.2, 0) is 11.4 Å². The molecular formula is C19H17IN2O4. The van der Waals surface area contributed by atoms with E-state index in [1.165, 1.54) is 5.56 Å². The third-order valence-corrected chi connectivity index (χ3v) is 4.59. The SMILES string of the molecule is COc1cc(C=C2NC(=O)NC2=O)cc(I)c1OCc1ccc(C)cc1. The lowest BCUT2D eigenvalue weighted by atomic mass is 10.1. The number of carbonyl (C=O) groups excluding carboxylic acids is 2. The van der Waals surface area contributed by atoms with Gasteiger partial charge in [0.15, 0.2) is 11.5 Å². The molecule has 3 amide bonds. The minimum Gasteiger partial charge on any atom is -0.493 e. The summed E-state index contributed by atoms with van der Waals surface area (Å²) in [7, 11) is 1.56. The molecule has 0 radical (unpaired) electrons. The van der Waals surface area contributed by atoms with Crippen LogP contribution in [-0.4, -0.2) is 19.0 Å². The molecular weight excluding hydrogens is 447 g/mol. The largest absolute Gasteiger partial charge is 0.493 e. The number of ether oxygens (including phenoxy) is 2. The number of amides is 3. The molecule has 1 heterocycles. The molecule has 6 nitrogen and oxygen atoms in total. The summed E-state index contributed by atoms with van der Waals surface area (Å²) in [6.45, 7) is 2.46. The van der Waals surface area contributed by atoms with Crippen LogP contribution >= 0.6 is 22.6 Å². The molecule has 3 rings (SSSR count). The number of methoxy groups -OCH3 is 1. The van der Waals surface area contributed by atoms with E-state index >= 15 is 0 Å². The summed E-state index contributed by atoms with van der Waals surface area (Å²) in [6.07, 6.45) is 1.59. The number of rotatable bonds is 5. The zero-order valence-corrected chi connectivity index (χ0v) is 16.4. The molecule has 7 heteroatoms. The molecule has 0 aromatic heterocycles. The maximum Gasteiger partial charge on any atom is 0.326 e. The number of benzene rings is 2. The van der Waals surface area contributed by atoms with E-state index < -0.39 is 11.9 Å². The van der Waals surface area contributed by atoms with Crippen LogP contribution in [0.25, 0.3) is 6.08 Å². The molecule has 1 saturated heterocycles. The van der Waals surface area contributed by atoms with Crippen molar-refractivity contribution in [3.8, 4) is 11.5 Å². The lowest BCUT2D eigenvalue weighted by Gasteiger charge is -2.14. The Morgan fingerprint density at radius 3 is 2.46 bits per heavy atom. The Morgan fingerprint density at radius 2 is 1.85 bits per heavy atom. The normalized spacial score (nSPS) is 15.0. The lowest BCUT2D eigenvalue weighted by molar-refractivity contribution is -0.115. The monoisotopic (exact) mass is 464 g/mol. The zero-order valence-electron chi connectivity index (χ0n) is 14.3. The van der Waals surface area contributed by atoms with Gasteiger partial charge in [-0.05, 0) is 58.9 Å². The van der Waals surface area contributed by atoms with E-state index in [9.17, 15) is 9.59 Å². The van der Waals surface area contributed by atoms with Crippen LogP contribution in [0.2, 0.25) is 0 Å². The van der Waals surface area contributed by atoms with Gasteiger partial charge in [0.05, 0.1) is 10.7 Å². The molecule has 2 aromatic carbocycles. The van der Waals surface area contributed by atoms with Gasteiger partial charge in [-0.3, -0.25) is 10.1 Å². The van der Waals surface area contributed by atoms with Crippen LogP contribution in [0.5, 0.6) is 11.5 Å². The van der Waals surface area contributed by atoms with Gasteiger partial charge in [-0.15, -0.1) is 0 Å². The van der Waals surface area contributed by atoms with E-state index in [0.717, 1.165) is 14.7 Å². The van der Waals surface area contributed by atoms with Crippen molar-refractivity contribution < 1.29 is 19.1 Å². The van der Waals surface area contributed by atoms with Gasteiger partial charge in [0.2, 0.25) is 0 Å². The second-order valence-corrected chi connectivity index (χ2v) is 6.94. The maximum atomic E-state index is 11.7. The van der Waals surface area contributed by atoms with E-state index in [2.05, 4.69) is 33.2 Å². The highest BCUT2D eigenvalue weighted by molar-refractivity contribution is 14.1. The number of halogens is 1. The second kappa shape index (κ2) is 7.77. The first-order valence-electron chi connectivity index (χ1n) is 7.86. The first-order chi connectivity index (χ1) is 12.5. The van der Waals surface area contributed by atoms with Gasteiger partial charge in [-0.2, -0.15) is 0 Å². The predicted molar refractivity (Wildman–Crippen MR) is 106 cm³/mol. The Bertz CT molecular complexity index is 891. The molecule has 1 fully saturated rings. The van der Waals surface area contributed by atoms with E-state index in [0.29, 0.717) is 18.1 Å². The summed E-state index contributed by atoms with van der Waals surface area (Å²) < 4.78 is 12.2. The Balaban J connectivity index is 1.83. The molecule has 134 valence electrons. The summed E-state index contributed by atoms with van der Waals surface area (Å²) in [6, 6.07) is 11.2. The average Bonchev–Trinajstić information content (AvgIpc) is 2.92. The first-order valence-corrected chi connectivity index (χ1v) is 8.94. The highest BCUT2D eigenvalue weighted by Gasteiger charge is 2.23. The molecule has 0 atom stereocenters. The van der Waals surface area contributed by atoms with Crippen LogP contribution in [0.1, 0.15) is 16.7 Å². The average molecular weight is 464 g/mol. The molecule has 1 aliphatic rings. The number of imide groups is 1. The van der Waals surface area contributed by atoms with Crippen LogP contribution < -0.4 is 20.1 Å². The summed E-state index contributed by atoms with van der Waals surface area (Å²) >= 11 is 2.16. The fraction of sp³-hybridized carbons (Fsp3) is 0.158. The van der Waals surface area contributed by atoms with Gasteiger partial charge in [-0.25, -0.2) is 4.79 Å². The number of hydrogen-bond acceptors (Lipinski definition) is 4. The number of urea groups is 1. The fourth-order valence-electron chi connectivity index (χ4n) is 2.45. The van der Waals surface area contributed by atoms with Crippen molar-refractivity contribution in [3.63, 3.8) is 0 Å². The van der Waals surface area contributed by atoms with Crippen molar-refractivity contribution in [1.82, 2.24) is 10.6 Å². The Kier molecular flexibility index (Phi) is 5.46. The van der Waals surface area contributed by atoms with E-state index in [4.69, 9.17) is 9.47 Å². The van der Waals surface area contributed by atoms with Gasteiger partial charge in [-0.1, -0.05) is 29.8 Å². The van der Waals surface area contributed by atoms with Crippen molar-refractivity contribution in [1.29, 1.82) is 0 Å². The second-order valence-electron chi connectivity index (χ2n) is 5.77. The van der Waals surface area contributed by atoms with Gasteiger partial charge in [0.1, 0.15) is 12.3 Å². The Hall–Kier alpha value is -2.55. The molecule has 2 aromatic rings. The molecule has 0 saturated carbocycles. The number of hydrogen-bond donors (Lipinski definition) is 2. The predicted octanol–water partition coefficient (Wildman–Crippen LogP) is 3.37. The zero-order chi connectivity index (χ0) is 18.7. The summed E-state index contributed by atoms with van der Waals surface area (Å²) in [5.41, 5.74) is 3.17. The molecule has 0 aliphatic carbocycles. The molecule has 2 N–H and O–H groups in total. The van der Waals surface area contributed by atoms with Gasteiger partial charge < -0.3 is 14.8 Å². The lowest BCUT2D eigenvalue weighted by Crippen LogP contribution is -2.22. The van der Waals surface area contributed by atoms with Crippen molar-refractivity contribution in [3.05, 3.63) is 62.4 Å². The molecule has 26 heavy (non-hydrogen) atoms. The highest BCUT2D eigenvalue weighted by atomic mass is 127. The summed E-state index contributed by atoms with van der Waals surface area (Å²) in [5.74, 6) is 0.736. The van der Waals surface area contributed by atoms with Gasteiger partial charge in [0, 0.05) is 0 Å². The topological polar surface area (TPSA) is 76.7 Å². The minimum atomic E-state index is -0.527. The number of aryl methyl sites for hydroxylation is 1. The van der Waals surface area contributed by atoms with E-state index in [1.54, 1.807) is 19.3 Å². The first kappa shape index (κ1) is 18.2. The molecule has 0 unspecified atom stereocenters. The van der Waals surface area contributed by atoms with E-state index in [-0.39, 0.29) is 5.70 Å². The third kappa shape index (κ3) is 4.16. The van der Waals surface area contributed by atoms with Crippen molar-refractivity contribution in [2.45, 2.75) is 13.5 Å². The standard InChI is InChI=1S/C19H17IN2O4/c1-11-3-5-12(6-4-11)10-26-17-14(20)7-13(9-16(17)25-2)8-15-18(23)22-19(24)21-15/h3-9H,10H2,1-2H3,(H2,21,22,23,24). The number of carbonyl (C=O) groups is 2. The van der Waals surface area contributed by atoms with Gasteiger partial charge >= 0.3 is 6.03 Å². The quantitative estimate of drug-likeness (QED) is 0.404. The smallest absolute Gasteiger partial charge is 0.326 e. The van der Waals surface area contributed by atoms with Crippen molar-refractivity contribution in [2.24, 2.45) is 0 Å². The van der Waals surface area contributed by atoms with E-state index in [1.807, 2.05) is 37.3 Å². The Morgan fingerprint density at radius 1 is 1.12 bits per heavy atom.